The topological polar surface area (TPSA) is 43.9 Å². The predicted molar refractivity (Wildman–Crippen MR) is 111 cm³/mol. The number of hydrogen-bond donors (Lipinski definition) is 0. The van der Waals surface area contributed by atoms with E-state index in [1.54, 1.807) is 6.08 Å². The zero-order valence-electron chi connectivity index (χ0n) is 16.4. The van der Waals surface area contributed by atoms with E-state index in [9.17, 15) is 9.59 Å². The number of carbonyl (C=O) groups is 2. The quantitative estimate of drug-likeness (QED) is 0.581. The summed E-state index contributed by atoms with van der Waals surface area (Å²) in [5, 5.41) is 0. The number of carbonyl (C=O) groups excluding carboxylic acids is 2. The van der Waals surface area contributed by atoms with Crippen LogP contribution in [-0.4, -0.2) is 72.3 Å². The van der Waals surface area contributed by atoms with Crippen LogP contribution in [0.15, 0.2) is 36.4 Å². The fourth-order valence-corrected chi connectivity index (χ4v) is 3.86. The van der Waals surface area contributed by atoms with Gasteiger partial charge in [0.05, 0.1) is 0 Å². The Morgan fingerprint density at radius 1 is 1.00 bits per heavy atom. The molecule has 2 heterocycles. The van der Waals surface area contributed by atoms with Crippen LogP contribution in [0.2, 0.25) is 0 Å². The van der Waals surface area contributed by atoms with E-state index in [2.05, 4.69) is 10.8 Å². The van der Waals surface area contributed by atoms with E-state index in [0.717, 1.165) is 57.5 Å². The minimum atomic E-state index is 0.0249. The average Bonchev–Trinajstić information content (AvgIpc) is 2.76. The van der Waals surface area contributed by atoms with Crippen molar-refractivity contribution in [3.05, 3.63) is 42.0 Å². The summed E-state index contributed by atoms with van der Waals surface area (Å²) in [7, 11) is 0. The third-order valence-electron chi connectivity index (χ3n) is 5.63. The Morgan fingerprint density at radius 2 is 1.68 bits per heavy atom. The third-order valence-corrected chi connectivity index (χ3v) is 5.63. The van der Waals surface area contributed by atoms with Crippen LogP contribution >= 0.6 is 0 Å². The first-order chi connectivity index (χ1) is 13.7. The third kappa shape index (κ3) is 5.46. The van der Waals surface area contributed by atoms with Crippen LogP contribution in [0, 0.1) is 18.3 Å². The van der Waals surface area contributed by atoms with E-state index >= 15 is 0 Å². The number of benzene rings is 1. The number of piperidine rings is 1. The molecular weight excluding hydrogens is 350 g/mol. The molecule has 2 fully saturated rings. The van der Waals surface area contributed by atoms with Gasteiger partial charge in [-0.2, -0.15) is 0 Å². The van der Waals surface area contributed by atoms with Crippen molar-refractivity contribution in [2.75, 3.05) is 45.8 Å². The Hall–Kier alpha value is -2.58. The molecule has 0 aromatic heterocycles. The number of nitrogens with zero attached hydrogens (tertiary/aromatic N) is 3. The molecule has 3 rings (SSSR count). The highest BCUT2D eigenvalue weighted by Gasteiger charge is 2.31. The van der Waals surface area contributed by atoms with E-state index < -0.39 is 0 Å². The Labute approximate surface area is 168 Å². The summed E-state index contributed by atoms with van der Waals surface area (Å²) in [4.78, 5) is 31.4. The maximum Gasteiger partial charge on any atom is 0.246 e. The molecule has 0 radical (unpaired) electrons. The van der Waals surface area contributed by atoms with Crippen LogP contribution < -0.4 is 0 Å². The second-order valence-electron chi connectivity index (χ2n) is 7.46. The molecule has 0 unspecified atom stereocenters. The summed E-state index contributed by atoms with van der Waals surface area (Å²) in [6.45, 7) is 5.57. The summed E-state index contributed by atoms with van der Waals surface area (Å²) >= 11 is 0. The number of terminal acetylenes is 1. The van der Waals surface area contributed by atoms with Gasteiger partial charge < -0.3 is 9.80 Å². The molecule has 1 aromatic carbocycles. The lowest BCUT2D eigenvalue weighted by Crippen LogP contribution is -2.51. The fourth-order valence-electron chi connectivity index (χ4n) is 3.86. The second kappa shape index (κ2) is 10.1. The van der Waals surface area contributed by atoms with Gasteiger partial charge in [-0.15, -0.1) is 12.3 Å². The molecule has 0 spiro atoms. The van der Waals surface area contributed by atoms with E-state index in [1.807, 2.05) is 46.2 Å². The molecule has 148 valence electrons. The van der Waals surface area contributed by atoms with E-state index in [1.165, 1.54) is 0 Å². The number of amides is 2. The number of hydrogen-bond acceptors (Lipinski definition) is 3. The van der Waals surface area contributed by atoms with Gasteiger partial charge in [0, 0.05) is 64.2 Å². The van der Waals surface area contributed by atoms with Gasteiger partial charge in [-0.1, -0.05) is 30.3 Å². The van der Waals surface area contributed by atoms with Crippen molar-refractivity contribution in [3.63, 3.8) is 0 Å². The molecule has 5 nitrogen and oxygen atoms in total. The summed E-state index contributed by atoms with van der Waals surface area (Å²) in [6, 6.07) is 9.81. The maximum absolute atomic E-state index is 12.8. The second-order valence-corrected chi connectivity index (χ2v) is 7.46. The first-order valence-corrected chi connectivity index (χ1v) is 10.1. The highest BCUT2D eigenvalue weighted by molar-refractivity contribution is 5.92. The average molecular weight is 380 g/mol. The molecule has 2 aliphatic rings. The predicted octanol–water partition coefficient (Wildman–Crippen LogP) is 2.11. The van der Waals surface area contributed by atoms with E-state index in [0.29, 0.717) is 13.1 Å². The summed E-state index contributed by atoms with van der Waals surface area (Å²) in [5.74, 6) is 2.99. The lowest BCUT2D eigenvalue weighted by molar-refractivity contribution is -0.140. The van der Waals surface area contributed by atoms with Crippen molar-refractivity contribution < 1.29 is 9.59 Å². The van der Waals surface area contributed by atoms with Crippen LogP contribution in [0.4, 0.5) is 0 Å². The van der Waals surface area contributed by atoms with E-state index in [4.69, 9.17) is 6.42 Å². The molecule has 0 saturated carbocycles. The molecular formula is C23H29N3O2. The Balaban J connectivity index is 1.42. The smallest absolute Gasteiger partial charge is 0.246 e. The van der Waals surface area contributed by atoms with Crippen LogP contribution in [0.1, 0.15) is 24.8 Å². The summed E-state index contributed by atoms with van der Waals surface area (Å²) < 4.78 is 0. The molecule has 5 heteroatoms. The number of likely N-dealkylation sites (tertiary alicyclic amines) is 1. The lowest BCUT2D eigenvalue weighted by Gasteiger charge is -2.38. The molecule has 2 amide bonds. The standard InChI is InChI=1S/C23H29N3O2/c1-2-3-13-24-16-18-26(19-17-24)23(28)21-11-14-25(15-12-21)22(27)10-9-20-7-5-4-6-8-20/h1,4-10,21H,3,11-19H2. The van der Waals surface area contributed by atoms with Crippen molar-refractivity contribution in [1.82, 2.24) is 14.7 Å². The molecule has 1 aromatic rings. The van der Waals surface area contributed by atoms with Gasteiger partial charge in [-0.3, -0.25) is 14.5 Å². The molecule has 0 aliphatic carbocycles. The molecule has 0 N–H and O–H groups in total. The van der Waals surface area contributed by atoms with Gasteiger partial charge >= 0.3 is 0 Å². The number of piperazine rings is 1. The van der Waals surface area contributed by atoms with Crippen LogP contribution in [0.25, 0.3) is 6.08 Å². The van der Waals surface area contributed by atoms with Gasteiger partial charge in [0.15, 0.2) is 0 Å². The molecule has 2 aliphatic heterocycles. The highest BCUT2D eigenvalue weighted by Crippen LogP contribution is 2.21. The van der Waals surface area contributed by atoms with Crippen LogP contribution in [-0.2, 0) is 9.59 Å². The Morgan fingerprint density at radius 3 is 2.32 bits per heavy atom. The van der Waals surface area contributed by atoms with Gasteiger partial charge in [0.2, 0.25) is 11.8 Å². The molecule has 0 bridgehead atoms. The fraction of sp³-hybridized carbons (Fsp3) is 0.478. The van der Waals surface area contributed by atoms with Gasteiger partial charge in [0.1, 0.15) is 0 Å². The minimum Gasteiger partial charge on any atom is -0.340 e. The summed E-state index contributed by atoms with van der Waals surface area (Å²) in [6.07, 6.45) is 11.1. The molecule has 28 heavy (non-hydrogen) atoms. The van der Waals surface area contributed by atoms with Gasteiger partial charge in [-0.05, 0) is 24.5 Å². The van der Waals surface area contributed by atoms with E-state index in [-0.39, 0.29) is 17.7 Å². The first kappa shape index (κ1) is 20.2. The Bertz CT molecular complexity index is 722. The minimum absolute atomic E-state index is 0.0249. The SMILES string of the molecule is C#CCCN1CCN(C(=O)C2CCN(C(=O)C=Cc3ccccc3)CC2)CC1. The van der Waals surface area contributed by atoms with Crippen molar-refractivity contribution in [2.45, 2.75) is 19.3 Å². The van der Waals surface area contributed by atoms with Crippen molar-refractivity contribution in [3.8, 4) is 12.3 Å². The molecule has 0 atom stereocenters. The lowest BCUT2D eigenvalue weighted by atomic mass is 9.95. The zero-order valence-corrected chi connectivity index (χ0v) is 16.4. The maximum atomic E-state index is 12.8. The Kier molecular flexibility index (Phi) is 7.27. The van der Waals surface area contributed by atoms with Gasteiger partial charge in [0.25, 0.3) is 0 Å². The van der Waals surface area contributed by atoms with Crippen LogP contribution in [0.5, 0.6) is 0 Å². The van der Waals surface area contributed by atoms with Crippen LogP contribution in [0.3, 0.4) is 0 Å². The van der Waals surface area contributed by atoms with Crippen molar-refractivity contribution in [1.29, 1.82) is 0 Å². The zero-order chi connectivity index (χ0) is 19.8. The first-order valence-electron chi connectivity index (χ1n) is 10.1. The van der Waals surface area contributed by atoms with Crippen molar-refractivity contribution in [2.24, 2.45) is 5.92 Å². The summed E-state index contributed by atoms with van der Waals surface area (Å²) in [5.41, 5.74) is 1.02. The van der Waals surface area contributed by atoms with Crippen molar-refractivity contribution >= 4 is 17.9 Å². The monoisotopic (exact) mass is 379 g/mol. The van der Waals surface area contributed by atoms with Gasteiger partial charge in [-0.25, -0.2) is 0 Å². The normalized spacial score (nSPS) is 19.0. The molecule has 2 saturated heterocycles. The highest BCUT2D eigenvalue weighted by atomic mass is 16.2. The number of rotatable bonds is 5. The largest absolute Gasteiger partial charge is 0.340 e.